The highest BCUT2D eigenvalue weighted by Crippen LogP contribution is 2.23. The van der Waals surface area contributed by atoms with Gasteiger partial charge in [-0.25, -0.2) is 0 Å². The fourth-order valence-electron chi connectivity index (χ4n) is 1.72. The van der Waals surface area contributed by atoms with E-state index in [0.717, 1.165) is 24.5 Å². The average molecular weight is 278 g/mol. The van der Waals surface area contributed by atoms with E-state index in [-0.39, 0.29) is 5.56 Å². The maximum Gasteiger partial charge on any atom is 0.260 e. The van der Waals surface area contributed by atoms with Crippen LogP contribution < -0.4 is 10.9 Å². The molecule has 6 heteroatoms. The second kappa shape index (κ2) is 6.47. The molecule has 102 valence electrons. The smallest absolute Gasteiger partial charge is 0.260 e. The van der Waals surface area contributed by atoms with Gasteiger partial charge in [-0.1, -0.05) is 24.7 Å². The van der Waals surface area contributed by atoms with Crippen LogP contribution in [0.15, 0.2) is 23.1 Å². The third-order valence-corrected chi connectivity index (χ3v) is 3.74. The minimum Gasteiger partial charge on any atom is -0.360 e. The van der Waals surface area contributed by atoms with Crippen molar-refractivity contribution in [1.82, 2.24) is 14.8 Å². The fourth-order valence-corrected chi connectivity index (χ4v) is 2.51. The van der Waals surface area contributed by atoms with Crippen LogP contribution in [0.5, 0.6) is 0 Å². The summed E-state index contributed by atoms with van der Waals surface area (Å²) in [6.07, 6.45) is 4.02. The third kappa shape index (κ3) is 3.20. The molecule has 2 aromatic rings. The molecule has 19 heavy (non-hydrogen) atoms. The van der Waals surface area contributed by atoms with Crippen LogP contribution in [0.1, 0.15) is 26.7 Å². The standard InChI is InChI=1S/C13H18N4OS/c1-3-5-8-14-13-16-15-11(19-13)10-7-6-9-17(4-2)12(10)18/h6-7,9H,3-5,8H2,1-2H3,(H,14,16). The molecule has 0 aliphatic carbocycles. The van der Waals surface area contributed by atoms with Crippen molar-refractivity contribution < 1.29 is 0 Å². The van der Waals surface area contributed by atoms with Crippen LogP contribution in [-0.2, 0) is 6.54 Å². The molecule has 5 nitrogen and oxygen atoms in total. The molecule has 0 saturated carbocycles. The lowest BCUT2D eigenvalue weighted by molar-refractivity contribution is 0.728. The topological polar surface area (TPSA) is 59.8 Å². The van der Waals surface area contributed by atoms with E-state index >= 15 is 0 Å². The summed E-state index contributed by atoms with van der Waals surface area (Å²) >= 11 is 1.42. The summed E-state index contributed by atoms with van der Waals surface area (Å²) in [6, 6.07) is 3.66. The Hall–Kier alpha value is -1.69. The third-order valence-electron chi connectivity index (χ3n) is 2.82. The van der Waals surface area contributed by atoms with E-state index in [1.807, 2.05) is 13.0 Å². The molecular formula is C13H18N4OS. The number of nitrogens with one attached hydrogen (secondary N) is 1. The molecule has 2 aromatic heterocycles. The van der Waals surface area contributed by atoms with Gasteiger partial charge in [-0.3, -0.25) is 4.79 Å². The number of unbranched alkanes of at least 4 members (excludes halogenated alkanes) is 1. The molecule has 0 saturated heterocycles. The Morgan fingerprint density at radius 1 is 1.37 bits per heavy atom. The molecule has 0 bridgehead atoms. The van der Waals surface area contributed by atoms with E-state index in [4.69, 9.17) is 0 Å². The molecule has 0 atom stereocenters. The summed E-state index contributed by atoms with van der Waals surface area (Å²) in [5.41, 5.74) is 0.603. The zero-order valence-electron chi connectivity index (χ0n) is 11.2. The van der Waals surface area contributed by atoms with Gasteiger partial charge in [0.15, 0.2) is 5.01 Å². The van der Waals surface area contributed by atoms with Gasteiger partial charge < -0.3 is 9.88 Å². The van der Waals surface area contributed by atoms with Crippen LogP contribution in [-0.4, -0.2) is 21.3 Å². The number of hydrogen-bond donors (Lipinski definition) is 1. The van der Waals surface area contributed by atoms with E-state index in [0.29, 0.717) is 17.1 Å². The van der Waals surface area contributed by atoms with E-state index < -0.39 is 0 Å². The van der Waals surface area contributed by atoms with Crippen molar-refractivity contribution in [3.8, 4) is 10.6 Å². The van der Waals surface area contributed by atoms with Crippen molar-refractivity contribution in [3.05, 3.63) is 28.7 Å². The van der Waals surface area contributed by atoms with Gasteiger partial charge in [0.05, 0.1) is 5.56 Å². The average Bonchev–Trinajstić information content (AvgIpc) is 2.88. The summed E-state index contributed by atoms with van der Waals surface area (Å²) in [4.78, 5) is 12.2. The molecule has 0 unspecified atom stereocenters. The number of aromatic nitrogens is 3. The van der Waals surface area contributed by atoms with Gasteiger partial charge >= 0.3 is 0 Å². The Morgan fingerprint density at radius 2 is 2.21 bits per heavy atom. The number of anilines is 1. The van der Waals surface area contributed by atoms with E-state index in [1.54, 1.807) is 16.8 Å². The zero-order valence-corrected chi connectivity index (χ0v) is 12.0. The Bertz CT molecular complexity index is 590. The summed E-state index contributed by atoms with van der Waals surface area (Å²) in [5, 5.41) is 12.8. The first kappa shape index (κ1) is 13.7. The van der Waals surface area contributed by atoms with Crippen molar-refractivity contribution in [2.75, 3.05) is 11.9 Å². The first-order chi connectivity index (χ1) is 9.26. The monoisotopic (exact) mass is 278 g/mol. The fraction of sp³-hybridized carbons (Fsp3) is 0.462. The Morgan fingerprint density at radius 3 is 2.95 bits per heavy atom. The zero-order chi connectivity index (χ0) is 13.7. The second-order valence-electron chi connectivity index (χ2n) is 4.21. The van der Waals surface area contributed by atoms with Gasteiger partial charge in [0.1, 0.15) is 0 Å². The lowest BCUT2D eigenvalue weighted by Crippen LogP contribution is -2.19. The van der Waals surface area contributed by atoms with Gasteiger partial charge in [-0.15, -0.1) is 10.2 Å². The number of hydrogen-bond acceptors (Lipinski definition) is 5. The molecule has 2 heterocycles. The van der Waals surface area contributed by atoms with Crippen LogP contribution >= 0.6 is 11.3 Å². The molecule has 0 spiro atoms. The molecule has 0 amide bonds. The highest BCUT2D eigenvalue weighted by molar-refractivity contribution is 7.18. The summed E-state index contributed by atoms with van der Waals surface area (Å²) < 4.78 is 1.67. The number of pyridine rings is 1. The molecule has 0 radical (unpaired) electrons. The molecule has 0 aliphatic rings. The normalized spacial score (nSPS) is 10.6. The van der Waals surface area contributed by atoms with E-state index in [2.05, 4.69) is 22.4 Å². The van der Waals surface area contributed by atoms with Gasteiger partial charge in [-0.05, 0) is 25.5 Å². The highest BCUT2D eigenvalue weighted by Gasteiger charge is 2.10. The predicted octanol–water partition coefficient (Wildman–Crippen LogP) is 2.60. The predicted molar refractivity (Wildman–Crippen MR) is 78.7 cm³/mol. The Kier molecular flexibility index (Phi) is 4.68. The van der Waals surface area contributed by atoms with Crippen molar-refractivity contribution in [2.24, 2.45) is 0 Å². The first-order valence-corrected chi connectivity index (χ1v) is 7.35. The molecule has 1 N–H and O–H groups in total. The number of nitrogens with zero attached hydrogens (tertiary/aromatic N) is 3. The molecule has 0 fully saturated rings. The van der Waals surface area contributed by atoms with Crippen LogP contribution in [0.4, 0.5) is 5.13 Å². The summed E-state index contributed by atoms with van der Waals surface area (Å²) in [6.45, 7) is 5.64. The van der Waals surface area contributed by atoms with Crippen LogP contribution in [0.3, 0.4) is 0 Å². The van der Waals surface area contributed by atoms with Crippen molar-refractivity contribution in [2.45, 2.75) is 33.2 Å². The quantitative estimate of drug-likeness (QED) is 0.825. The van der Waals surface area contributed by atoms with Crippen molar-refractivity contribution >= 4 is 16.5 Å². The summed E-state index contributed by atoms with van der Waals surface area (Å²) in [5.74, 6) is 0. The van der Waals surface area contributed by atoms with Crippen molar-refractivity contribution in [3.63, 3.8) is 0 Å². The van der Waals surface area contributed by atoms with E-state index in [9.17, 15) is 4.79 Å². The van der Waals surface area contributed by atoms with Crippen LogP contribution in [0.2, 0.25) is 0 Å². The molecular weight excluding hydrogens is 260 g/mol. The minimum atomic E-state index is -0.0127. The lowest BCUT2D eigenvalue weighted by Gasteiger charge is -2.02. The molecule has 2 rings (SSSR count). The minimum absolute atomic E-state index is 0.0127. The number of rotatable bonds is 6. The van der Waals surface area contributed by atoms with E-state index in [1.165, 1.54) is 11.3 Å². The van der Waals surface area contributed by atoms with Gasteiger partial charge in [-0.2, -0.15) is 0 Å². The van der Waals surface area contributed by atoms with Crippen LogP contribution in [0.25, 0.3) is 10.6 Å². The van der Waals surface area contributed by atoms with Gasteiger partial charge in [0.25, 0.3) is 5.56 Å². The maximum atomic E-state index is 12.2. The molecule has 0 aliphatic heterocycles. The molecule has 0 aromatic carbocycles. The Labute approximate surface area is 116 Å². The maximum absolute atomic E-state index is 12.2. The number of aryl methyl sites for hydroxylation is 1. The van der Waals surface area contributed by atoms with Crippen LogP contribution in [0, 0.1) is 0 Å². The lowest BCUT2D eigenvalue weighted by atomic mass is 10.3. The largest absolute Gasteiger partial charge is 0.360 e. The highest BCUT2D eigenvalue weighted by atomic mass is 32.1. The van der Waals surface area contributed by atoms with Crippen molar-refractivity contribution in [1.29, 1.82) is 0 Å². The first-order valence-electron chi connectivity index (χ1n) is 6.53. The summed E-state index contributed by atoms with van der Waals surface area (Å²) in [7, 11) is 0. The Balaban J connectivity index is 2.21. The second-order valence-corrected chi connectivity index (χ2v) is 5.18. The van der Waals surface area contributed by atoms with Gasteiger partial charge in [0, 0.05) is 19.3 Å². The van der Waals surface area contributed by atoms with Gasteiger partial charge in [0.2, 0.25) is 5.13 Å². The SMILES string of the molecule is CCCCNc1nnc(-c2cccn(CC)c2=O)s1.